The standard InChI is InChI=1S/C13H7F6NO2/c14-12(15,16)10-9(4-5-20-11(10)21)7-2-1-3-8(6-7)22-13(17,18)19/h1-6H,(H,20,21). The van der Waals surface area contributed by atoms with E-state index in [2.05, 4.69) is 4.74 Å². The average molecular weight is 323 g/mol. The lowest BCUT2D eigenvalue weighted by Gasteiger charge is -2.13. The first-order chi connectivity index (χ1) is 10.1. The van der Waals surface area contributed by atoms with Gasteiger partial charge in [0.25, 0.3) is 5.56 Å². The van der Waals surface area contributed by atoms with Crippen LogP contribution in [0.4, 0.5) is 26.3 Å². The highest BCUT2D eigenvalue weighted by atomic mass is 19.4. The molecule has 0 aliphatic heterocycles. The number of alkyl halides is 6. The fourth-order valence-corrected chi connectivity index (χ4v) is 1.86. The molecule has 0 atom stereocenters. The van der Waals surface area contributed by atoms with Gasteiger partial charge in [-0.2, -0.15) is 13.2 Å². The highest BCUT2D eigenvalue weighted by Gasteiger charge is 2.37. The van der Waals surface area contributed by atoms with Crippen LogP contribution in [0.1, 0.15) is 5.56 Å². The summed E-state index contributed by atoms with van der Waals surface area (Å²) in [5, 5.41) is 0. The van der Waals surface area contributed by atoms with Crippen LogP contribution in [0.3, 0.4) is 0 Å². The van der Waals surface area contributed by atoms with Gasteiger partial charge < -0.3 is 9.72 Å². The molecular formula is C13H7F6NO2. The van der Waals surface area contributed by atoms with Gasteiger partial charge in [-0.05, 0) is 23.8 Å². The van der Waals surface area contributed by atoms with Crippen LogP contribution in [0, 0.1) is 0 Å². The van der Waals surface area contributed by atoms with Crippen molar-refractivity contribution in [3.8, 4) is 16.9 Å². The molecule has 0 amide bonds. The lowest BCUT2D eigenvalue weighted by atomic mass is 10.0. The largest absolute Gasteiger partial charge is 0.573 e. The van der Waals surface area contributed by atoms with Crippen molar-refractivity contribution in [3.05, 3.63) is 52.4 Å². The summed E-state index contributed by atoms with van der Waals surface area (Å²) in [6.07, 6.45) is -8.95. The summed E-state index contributed by atoms with van der Waals surface area (Å²) in [6.45, 7) is 0. The van der Waals surface area contributed by atoms with Gasteiger partial charge in [-0.25, -0.2) is 0 Å². The number of rotatable bonds is 2. The van der Waals surface area contributed by atoms with Crippen molar-refractivity contribution in [1.29, 1.82) is 0 Å². The number of pyridine rings is 1. The second kappa shape index (κ2) is 5.39. The number of hydrogen-bond acceptors (Lipinski definition) is 2. The van der Waals surface area contributed by atoms with Crippen LogP contribution in [0.2, 0.25) is 0 Å². The summed E-state index contributed by atoms with van der Waals surface area (Å²) < 4.78 is 78.9. The van der Waals surface area contributed by atoms with Crippen molar-refractivity contribution in [2.75, 3.05) is 0 Å². The van der Waals surface area contributed by atoms with Gasteiger partial charge in [-0.1, -0.05) is 12.1 Å². The number of H-pyrrole nitrogens is 1. The molecule has 0 aliphatic carbocycles. The lowest BCUT2D eigenvalue weighted by Crippen LogP contribution is -2.22. The van der Waals surface area contributed by atoms with Gasteiger partial charge in [0.2, 0.25) is 0 Å². The minimum absolute atomic E-state index is 0.222. The van der Waals surface area contributed by atoms with Gasteiger partial charge >= 0.3 is 12.5 Å². The third kappa shape index (κ3) is 3.60. The molecule has 3 nitrogen and oxygen atoms in total. The molecule has 2 aromatic rings. The van der Waals surface area contributed by atoms with Crippen LogP contribution in [0.25, 0.3) is 11.1 Å². The van der Waals surface area contributed by atoms with E-state index in [1.54, 1.807) is 0 Å². The molecule has 1 N–H and O–H groups in total. The topological polar surface area (TPSA) is 42.1 Å². The molecule has 0 spiro atoms. The molecule has 0 fully saturated rings. The molecule has 0 radical (unpaired) electrons. The van der Waals surface area contributed by atoms with E-state index in [0.29, 0.717) is 0 Å². The molecule has 118 valence electrons. The van der Waals surface area contributed by atoms with E-state index in [-0.39, 0.29) is 5.56 Å². The number of hydrogen-bond donors (Lipinski definition) is 1. The first-order valence-electron chi connectivity index (χ1n) is 5.73. The summed E-state index contributed by atoms with van der Waals surface area (Å²) >= 11 is 0. The van der Waals surface area contributed by atoms with Crippen LogP contribution in [0.15, 0.2) is 41.3 Å². The molecule has 2 rings (SSSR count). The second-order valence-electron chi connectivity index (χ2n) is 4.17. The summed E-state index contributed by atoms with van der Waals surface area (Å²) in [7, 11) is 0. The quantitative estimate of drug-likeness (QED) is 0.850. The molecule has 1 aromatic heterocycles. The van der Waals surface area contributed by atoms with Gasteiger partial charge in [-0.3, -0.25) is 4.79 Å². The number of ether oxygens (including phenoxy) is 1. The van der Waals surface area contributed by atoms with E-state index >= 15 is 0 Å². The van der Waals surface area contributed by atoms with E-state index in [0.717, 1.165) is 36.5 Å². The van der Waals surface area contributed by atoms with Gasteiger partial charge in [-0.15, -0.1) is 13.2 Å². The Morgan fingerprint density at radius 3 is 2.27 bits per heavy atom. The maximum Gasteiger partial charge on any atom is 0.573 e. The Bertz CT molecular complexity index is 732. The minimum atomic E-state index is -4.97. The van der Waals surface area contributed by atoms with Crippen molar-refractivity contribution in [2.45, 2.75) is 12.5 Å². The Balaban J connectivity index is 2.56. The van der Waals surface area contributed by atoms with Crippen molar-refractivity contribution in [3.63, 3.8) is 0 Å². The molecule has 22 heavy (non-hydrogen) atoms. The zero-order valence-electron chi connectivity index (χ0n) is 10.5. The molecular weight excluding hydrogens is 316 g/mol. The fraction of sp³-hybridized carbons (Fsp3) is 0.154. The van der Waals surface area contributed by atoms with Crippen LogP contribution in [-0.2, 0) is 6.18 Å². The van der Waals surface area contributed by atoms with Gasteiger partial charge in [0, 0.05) is 11.8 Å². The van der Waals surface area contributed by atoms with E-state index in [9.17, 15) is 31.1 Å². The Morgan fingerprint density at radius 2 is 1.68 bits per heavy atom. The number of benzene rings is 1. The minimum Gasteiger partial charge on any atom is -0.406 e. The Hall–Kier alpha value is -2.45. The molecule has 1 aromatic carbocycles. The Kier molecular flexibility index (Phi) is 3.90. The predicted molar refractivity (Wildman–Crippen MR) is 64.2 cm³/mol. The summed E-state index contributed by atoms with van der Waals surface area (Å²) in [4.78, 5) is 13.3. The Morgan fingerprint density at radius 1 is 1.00 bits per heavy atom. The lowest BCUT2D eigenvalue weighted by molar-refractivity contribution is -0.274. The summed E-state index contributed by atoms with van der Waals surface area (Å²) in [5.41, 5.74) is -3.63. The van der Waals surface area contributed by atoms with E-state index in [1.807, 2.05) is 4.98 Å². The van der Waals surface area contributed by atoms with Gasteiger partial charge in [0.05, 0.1) is 0 Å². The zero-order valence-corrected chi connectivity index (χ0v) is 10.5. The van der Waals surface area contributed by atoms with Crippen LogP contribution in [-0.4, -0.2) is 11.3 Å². The third-order valence-corrected chi connectivity index (χ3v) is 2.62. The normalized spacial score (nSPS) is 12.3. The van der Waals surface area contributed by atoms with E-state index in [4.69, 9.17) is 0 Å². The van der Waals surface area contributed by atoms with Gasteiger partial charge in [0.1, 0.15) is 11.3 Å². The molecule has 1 heterocycles. The average Bonchev–Trinajstić information content (AvgIpc) is 2.35. The number of aromatic amines is 1. The maximum absolute atomic E-state index is 12.9. The first kappa shape index (κ1) is 15.9. The number of nitrogens with one attached hydrogen (secondary N) is 1. The Labute approximate surface area is 119 Å². The monoisotopic (exact) mass is 323 g/mol. The van der Waals surface area contributed by atoms with Crippen molar-refractivity contribution in [2.24, 2.45) is 0 Å². The van der Waals surface area contributed by atoms with Crippen LogP contribution >= 0.6 is 0 Å². The van der Waals surface area contributed by atoms with Crippen LogP contribution in [0.5, 0.6) is 5.75 Å². The highest BCUT2D eigenvalue weighted by molar-refractivity contribution is 5.68. The smallest absolute Gasteiger partial charge is 0.406 e. The molecule has 0 saturated heterocycles. The second-order valence-corrected chi connectivity index (χ2v) is 4.17. The molecule has 9 heteroatoms. The van der Waals surface area contributed by atoms with Crippen molar-refractivity contribution in [1.82, 2.24) is 4.98 Å². The number of halogens is 6. The molecule has 0 aliphatic rings. The third-order valence-electron chi connectivity index (χ3n) is 2.62. The molecule has 0 bridgehead atoms. The van der Waals surface area contributed by atoms with Gasteiger partial charge in [0.15, 0.2) is 0 Å². The van der Waals surface area contributed by atoms with E-state index in [1.165, 1.54) is 0 Å². The zero-order chi connectivity index (χ0) is 16.5. The van der Waals surface area contributed by atoms with E-state index < -0.39 is 35.0 Å². The predicted octanol–water partition coefficient (Wildman–Crippen LogP) is 3.96. The summed E-state index contributed by atoms with van der Waals surface area (Å²) in [5.74, 6) is -0.682. The molecule has 0 saturated carbocycles. The maximum atomic E-state index is 12.9. The fourth-order valence-electron chi connectivity index (χ4n) is 1.86. The highest BCUT2D eigenvalue weighted by Crippen LogP contribution is 2.35. The summed E-state index contributed by atoms with van der Waals surface area (Å²) in [6, 6.07) is 4.91. The van der Waals surface area contributed by atoms with Crippen LogP contribution < -0.4 is 10.3 Å². The molecule has 0 unspecified atom stereocenters. The number of aromatic nitrogens is 1. The SMILES string of the molecule is O=c1[nH]ccc(-c2cccc(OC(F)(F)F)c2)c1C(F)(F)F. The first-order valence-corrected chi connectivity index (χ1v) is 5.73. The van der Waals surface area contributed by atoms with Crippen molar-refractivity contribution < 1.29 is 31.1 Å². The van der Waals surface area contributed by atoms with Crippen molar-refractivity contribution >= 4 is 0 Å².